The number of aromatic nitrogens is 2. The van der Waals surface area contributed by atoms with Crippen LogP contribution in [-0.4, -0.2) is 66.2 Å². The number of benzene rings is 1. The van der Waals surface area contributed by atoms with Crippen LogP contribution in [0, 0.1) is 0 Å². The van der Waals surface area contributed by atoms with Crippen LogP contribution in [0.5, 0.6) is 0 Å². The summed E-state index contributed by atoms with van der Waals surface area (Å²) in [6.45, 7) is 5.16. The number of para-hydroxylation sites is 2. The van der Waals surface area contributed by atoms with Gasteiger partial charge in [-0.3, -0.25) is 0 Å². The summed E-state index contributed by atoms with van der Waals surface area (Å²) in [5.41, 5.74) is 1.88. The highest BCUT2D eigenvalue weighted by Gasteiger charge is 2.37. The number of urea groups is 1. The number of nitrogens with zero attached hydrogens (tertiary/aromatic N) is 5. The van der Waals surface area contributed by atoms with Crippen molar-refractivity contribution in [1.82, 2.24) is 20.2 Å². The molecular formula is C18H22N6O. The molecule has 7 heteroatoms. The van der Waals surface area contributed by atoms with E-state index < -0.39 is 0 Å². The first-order valence-corrected chi connectivity index (χ1v) is 9.11. The minimum absolute atomic E-state index is 0.0639. The highest BCUT2D eigenvalue weighted by atomic mass is 16.2. The van der Waals surface area contributed by atoms with E-state index in [-0.39, 0.29) is 12.1 Å². The molecule has 0 bridgehead atoms. The predicted octanol–water partition coefficient (Wildman–Crippen LogP) is 1.44. The molecule has 1 atom stereocenters. The minimum Gasteiger partial charge on any atom is -0.354 e. The number of piperazine rings is 1. The number of anilines is 2. The minimum atomic E-state index is 0.0639. The van der Waals surface area contributed by atoms with E-state index in [9.17, 15) is 4.79 Å². The molecule has 25 heavy (non-hydrogen) atoms. The summed E-state index contributed by atoms with van der Waals surface area (Å²) < 4.78 is 0. The molecule has 0 radical (unpaired) electrons. The van der Waals surface area contributed by atoms with Gasteiger partial charge in [-0.2, -0.15) is 0 Å². The molecule has 1 aromatic heterocycles. The van der Waals surface area contributed by atoms with Gasteiger partial charge in [0.15, 0.2) is 11.6 Å². The first kappa shape index (κ1) is 14.7. The van der Waals surface area contributed by atoms with Gasteiger partial charge < -0.3 is 20.0 Å². The molecule has 2 amide bonds. The third kappa shape index (κ3) is 2.45. The van der Waals surface area contributed by atoms with E-state index >= 15 is 0 Å². The van der Waals surface area contributed by atoms with Crippen molar-refractivity contribution >= 4 is 28.7 Å². The van der Waals surface area contributed by atoms with Gasteiger partial charge in [-0.05, 0) is 25.0 Å². The van der Waals surface area contributed by atoms with E-state index in [1.165, 1.54) is 12.8 Å². The van der Waals surface area contributed by atoms with Crippen LogP contribution in [0.15, 0.2) is 24.3 Å². The van der Waals surface area contributed by atoms with Crippen molar-refractivity contribution in [2.24, 2.45) is 0 Å². The number of hydrogen-bond donors (Lipinski definition) is 1. The zero-order valence-corrected chi connectivity index (χ0v) is 14.2. The van der Waals surface area contributed by atoms with E-state index in [0.29, 0.717) is 0 Å². The smallest absolute Gasteiger partial charge is 0.317 e. The molecule has 0 aliphatic carbocycles. The molecule has 7 nitrogen and oxygen atoms in total. The van der Waals surface area contributed by atoms with Gasteiger partial charge in [0.25, 0.3) is 0 Å². The van der Waals surface area contributed by atoms with Gasteiger partial charge in [-0.25, -0.2) is 14.8 Å². The van der Waals surface area contributed by atoms with Crippen molar-refractivity contribution in [2.45, 2.75) is 18.9 Å². The number of rotatable bonds is 2. The molecule has 3 fully saturated rings. The summed E-state index contributed by atoms with van der Waals surface area (Å²) >= 11 is 0. The zero-order chi connectivity index (χ0) is 16.8. The lowest BCUT2D eigenvalue weighted by atomic mass is 10.2. The standard InChI is InChI=1S/C18H22N6O/c25-18-19-11-13-12-23(9-10-24(13)18)17-16(22-7-3-4-8-22)20-14-5-1-2-6-15(14)21-17/h1-2,5-6,13H,3-4,7-12H2,(H,19,25)/t13-/m1/s1. The summed E-state index contributed by atoms with van der Waals surface area (Å²) in [6, 6.07) is 8.36. The molecule has 3 aliphatic rings. The van der Waals surface area contributed by atoms with Gasteiger partial charge in [0.2, 0.25) is 0 Å². The van der Waals surface area contributed by atoms with E-state index in [0.717, 1.165) is 61.9 Å². The predicted molar refractivity (Wildman–Crippen MR) is 97.1 cm³/mol. The van der Waals surface area contributed by atoms with Crippen LogP contribution in [-0.2, 0) is 0 Å². The molecule has 2 aromatic rings. The Bertz CT molecular complexity index is 818. The van der Waals surface area contributed by atoms with E-state index in [1.54, 1.807) is 0 Å². The van der Waals surface area contributed by atoms with Gasteiger partial charge in [0.05, 0.1) is 17.1 Å². The first-order valence-electron chi connectivity index (χ1n) is 9.11. The highest BCUT2D eigenvalue weighted by Crippen LogP contribution is 2.32. The summed E-state index contributed by atoms with van der Waals surface area (Å²) in [6.07, 6.45) is 2.42. The Morgan fingerprint density at radius 2 is 1.60 bits per heavy atom. The number of carbonyl (C=O) groups excluding carboxylic acids is 1. The number of nitrogens with one attached hydrogen (secondary N) is 1. The Hall–Kier alpha value is -2.57. The third-order valence-electron chi connectivity index (χ3n) is 5.47. The molecular weight excluding hydrogens is 316 g/mol. The van der Waals surface area contributed by atoms with Crippen molar-refractivity contribution in [3.8, 4) is 0 Å². The normalized spacial score (nSPS) is 23.3. The molecule has 3 saturated heterocycles. The molecule has 1 aromatic carbocycles. The Labute approximate surface area is 146 Å². The molecule has 130 valence electrons. The molecule has 0 saturated carbocycles. The van der Waals surface area contributed by atoms with Gasteiger partial charge in [0.1, 0.15) is 0 Å². The van der Waals surface area contributed by atoms with Crippen LogP contribution in [0.25, 0.3) is 11.0 Å². The molecule has 3 aliphatic heterocycles. The van der Waals surface area contributed by atoms with Crippen molar-refractivity contribution in [3.05, 3.63) is 24.3 Å². The average Bonchev–Trinajstić information content (AvgIpc) is 3.31. The first-order chi connectivity index (χ1) is 12.3. The molecule has 0 unspecified atom stereocenters. The van der Waals surface area contributed by atoms with E-state index in [4.69, 9.17) is 9.97 Å². The second-order valence-corrected chi connectivity index (χ2v) is 7.03. The van der Waals surface area contributed by atoms with Crippen LogP contribution in [0.1, 0.15) is 12.8 Å². The van der Waals surface area contributed by atoms with Gasteiger partial charge in [-0.15, -0.1) is 0 Å². The van der Waals surface area contributed by atoms with Crippen molar-refractivity contribution in [2.75, 3.05) is 49.1 Å². The number of amides is 2. The van der Waals surface area contributed by atoms with Crippen molar-refractivity contribution < 1.29 is 4.79 Å². The van der Waals surface area contributed by atoms with Crippen LogP contribution in [0.3, 0.4) is 0 Å². The lowest BCUT2D eigenvalue weighted by molar-refractivity contribution is 0.197. The molecule has 5 rings (SSSR count). The second kappa shape index (κ2) is 5.75. The van der Waals surface area contributed by atoms with Crippen LogP contribution in [0.2, 0.25) is 0 Å². The fourth-order valence-corrected chi connectivity index (χ4v) is 4.13. The largest absolute Gasteiger partial charge is 0.354 e. The van der Waals surface area contributed by atoms with Gasteiger partial charge in [-0.1, -0.05) is 12.1 Å². The number of hydrogen-bond acceptors (Lipinski definition) is 5. The Balaban J connectivity index is 1.54. The number of carbonyl (C=O) groups is 1. The number of fused-ring (bicyclic) bond motifs is 2. The molecule has 0 spiro atoms. The fourth-order valence-electron chi connectivity index (χ4n) is 4.13. The fraction of sp³-hybridized carbons (Fsp3) is 0.500. The van der Waals surface area contributed by atoms with Crippen LogP contribution < -0.4 is 15.1 Å². The van der Waals surface area contributed by atoms with Crippen molar-refractivity contribution in [3.63, 3.8) is 0 Å². The quantitative estimate of drug-likeness (QED) is 0.898. The summed E-state index contributed by atoms with van der Waals surface area (Å²) in [4.78, 5) is 28.4. The third-order valence-corrected chi connectivity index (χ3v) is 5.47. The Kier molecular flexibility index (Phi) is 3.39. The lowest BCUT2D eigenvalue weighted by Gasteiger charge is -2.38. The maximum Gasteiger partial charge on any atom is 0.317 e. The molecule has 4 heterocycles. The van der Waals surface area contributed by atoms with Crippen LogP contribution in [0.4, 0.5) is 16.4 Å². The average molecular weight is 338 g/mol. The maximum atomic E-state index is 11.9. The van der Waals surface area contributed by atoms with Crippen LogP contribution >= 0.6 is 0 Å². The monoisotopic (exact) mass is 338 g/mol. The highest BCUT2D eigenvalue weighted by molar-refractivity contribution is 5.82. The second-order valence-electron chi connectivity index (χ2n) is 7.03. The topological polar surface area (TPSA) is 64.6 Å². The summed E-state index contributed by atoms with van der Waals surface area (Å²) in [5.74, 6) is 1.97. The van der Waals surface area contributed by atoms with E-state index in [2.05, 4.69) is 15.1 Å². The summed E-state index contributed by atoms with van der Waals surface area (Å²) in [7, 11) is 0. The maximum absolute atomic E-state index is 11.9. The van der Waals surface area contributed by atoms with E-state index in [1.807, 2.05) is 29.2 Å². The lowest BCUT2D eigenvalue weighted by Crippen LogP contribution is -2.52. The molecule has 1 N–H and O–H groups in total. The zero-order valence-electron chi connectivity index (χ0n) is 14.2. The Morgan fingerprint density at radius 3 is 2.32 bits per heavy atom. The summed E-state index contributed by atoms with van der Waals surface area (Å²) in [5, 5.41) is 2.95. The SMILES string of the molecule is O=C1NC[C@@H]2CN(c3nc4ccccc4nc3N3CCCC3)CCN12. The Morgan fingerprint density at radius 1 is 0.920 bits per heavy atom. The van der Waals surface area contributed by atoms with Gasteiger partial charge in [0, 0.05) is 39.3 Å². The van der Waals surface area contributed by atoms with Gasteiger partial charge >= 0.3 is 6.03 Å². The van der Waals surface area contributed by atoms with Crippen molar-refractivity contribution in [1.29, 1.82) is 0 Å².